The molecule has 3 fully saturated rings. The van der Waals surface area contributed by atoms with Gasteiger partial charge in [0.15, 0.2) is 11.5 Å². The average molecular weight is 563 g/mol. The molecule has 0 radical (unpaired) electrons. The third kappa shape index (κ3) is 6.32. The molecule has 2 amide bonds. The van der Waals surface area contributed by atoms with Crippen LogP contribution in [-0.2, 0) is 25.5 Å². The highest BCUT2D eigenvalue weighted by molar-refractivity contribution is 7.99. The molecule has 1 aromatic carbocycles. The highest BCUT2D eigenvalue weighted by atomic mass is 32.2. The molecule has 6 unspecified atom stereocenters. The van der Waals surface area contributed by atoms with Crippen molar-refractivity contribution in [1.82, 2.24) is 9.80 Å². The molecule has 9 nitrogen and oxygen atoms in total. The Hall–Kier alpha value is -2.46. The molecule has 3 N–H and O–H groups in total. The van der Waals surface area contributed by atoms with E-state index >= 15 is 0 Å². The molecule has 39 heavy (non-hydrogen) atoms. The molecule has 3 aliphatic rings. The number of phenolic OH excluding ortho intramolecular Hbond substituents is 2. The van der Waals surface area contributed by atoms with E-state index in [9.17, 15) is 29.7 Å². The highest BCUT2D eigenvalue weighted by Gasteiger charge is 2.45. The summed E-state index contributed by atoms with van der Waals surface area (Å²) in [6.07, 6.45) is 2.63. The van der Waals surface area contributed by atoms with Crippen LogP contribution in [0, 0.1) is 17.3 Å². The lowest BCUT2D eigenvalue weighted by Gasteiger charge is -2.34. The van der Waals surface area contributed by atoms with Gasteiger partial charge in [0.05, 0.1) is 12.0 Å². The second-order valence-electron chi connectivity index (χ2n) is 12.0. The fourth-order valence-electron chi connectivity index (χ4n) is 6.27. The van der Waals surface area contributed by atoms with E-state index in [1.807, 2.05) is 6.92 Å². The van der Waals surface area contributed by atoms with Gasteiger partial charge >= 0.3 is 5.97 Å². The molecule has 6 atom stereocenters. The van der Waals surface area contributed by atoms with E-state index in [-0.39, 0.29) is 47.2 Å². The number of esters is 1. The summed E-state index contributed by atoms with van der Waals surface area (Å²) in [5.41, 5.74) is 0.687. The van der Waals surface area contributed by atoms with Crippen LogP contribution in [0.2, 0.25) is 0 Å². The minimum absolute atomic E-state index is 0.0676. The van der Waals surface area contributed by atoms with Crippen molar-refractivity contribution in [2.45, 2.75) is 90.5 Å². The van der Waals surface area contributed by atoms with Gasteiger partial charge < -0.3 is 29.9 Å². The summed E-state index contributed by atoms with van der Waals surface area (Å²) in [7, 11) is 0. The van der Waals surface area contributed by atoms with Crippen LogP contribution >= 0.6 is 11.8 Å². The Labute approximate surface area is 234 Å². The monoisotopic (exact) mass is 562 g/mol. The van der Waals surface area contributed by atoms with Gasteiger partial charge in [-0.2, -0.15) is 0 Å². The first kappa shape index (κ1) is 29.5. The van der Waals surface area contributed by atoms with E-state index in [0.29, 0.717) is 42.5 Å². The maximum Gasteiger partial charge on any atom is 0.329 e. The molecule has 0 aromatic heterocycles. The Kier molecular flexibility index (Phi) is 9.05. The van der Waals surface area contributed by atoms with Gasteiger partial charge in [-0.15, -0.1) is 11.8 Å². The summed E-state index contributed by atoms with van der Waals surface area (Å²) < 4.78 is 5.87. The number of aliphatic hydroxyl groups excluding tert-OH is 1. The smallest absolute Gasteiger partial charge is 0.329 e. The number of aliphatic hydroxyl groups is 1. The van der Waals surface area contributed by atoms with Crippen molar-refractivity contribution in [2.24, 2.45) is 17.3 Å². The summed E-state index contributed by atoms with van der Waals surface area (Å²) in [6, 6.07) is 2.67. The van der Waals surface area contributed by atoms with Crippen molar-refractivity contribution in [1.29, 1.82) is 0 Å². The molecule has 2 aliphatic heterocycles. The molecule has 0 spiro atoms. The Morgan fingerprint density at radius 3 is 2.51 bits per heavy atom. The number of amides is 2. The van der Waals surface area contributed by atoms with Crippen LogP contribution in [0.25, 0.3) is 0 Å². The maximum absolute atomic E-state index is 13.6. The first-order chi connectivity index (χ1) is 18.4. The fourth-order valence-corrected chi connectivity index (χ4v) is 7.43. The van der Waals surface area contributed by atoms with Crippen LogP contribution < -0.4 is 0 Å². The normalized spacial score (nSPS) is 27.9. The first-order valence-electron chi connectivity index (χ1n) is 14.0. The van der Waals surface area contributed by atoms with E-state index in [4.69, 9.17) is 4.74 Å². The number of ether oxygens (including phenoxy) is 1. The Bertz CT molecular complexity index is 1080. The van der Waals surface area contributed by atoms with E-state index < -0.39 is 24.1 Å². The first-order valence-corrected chi connectivity index (χ1v) is 15.1. The minimum atomic E-state index is -1.41. The minimum Gasteiger partial charge on any atom is -0.504 e. The van der Waals surface area contributed by atoms with Gasteiger partial charge in [-0.25, -0.2) is 4.79 Å². The van der Waals surface area contributed by atoms with Crippen LogP contribution in [0.1, 0.15) is 65.4 Å². The maximum atomic E-state index is 13.6. The lowest BCUT2D eigenvalue weighted by molar-refractivity contribution is -0.160. The summed E-state index contributed by atoms with van der Waals surface area (Å²) in [5, 5.41) is 29.8. The summed E-state index contributed by atoms with van der Waals surface area (Å²) >= 11 is 1.43. The standard InChI is InChI=1S/C29H42N2O7S/c1-17-7-9-20(29(17,3)4)12-18(2)38-28(37)21-6-5-11-30(21)26(35)22-15-39-16-31(22)27(36)25(34)14-19-8-10-23(32)24(33)13-19/h8,10,13,17-18,20-22,25,32-34H,5-7,9,11-12,14-16H2,1-4H3. The van der Waals surface area contributed by atoms with Crippen LogP contribution in [-0.4, -0.2) is 85.4 Å². The molecule has 1 aromatic rings. The van der Waals surface area contributed by atoms with E-state index in [1.54, 1.807) is 4.90 Å². The number of likely N-dealkylation sites (tertiary alicyclic amines) is 1. The predicted octanol–water partition coefficient (Wildman–Crippen LogP) is 3.29. The molecule has 2 heterocycles. The van der Waals surface area contributed by atoms with E-state index in [0.717, 1.165) is 12.8 Å². The van der Waals surface area contributed by atoms with Gasteiger partial charge in [0.25, 0.3) is 5.91 Å². The SMILES string of the molecule is CC(CC1CCC(C)C1(C)C)OC(=O)C1CCCN1C(=O)C1CSCN1C(=O)C(O)Cc1ccc(O)c(O)c1. The molecular formula is C29H42N2O7S. The Balaban J connectivity index is 1.36. The molecule has 1 saturated carbocycles. The molecule has 4 rings (SSSR count). The van der Waals surface area contributed by atoms with Crippen molar-refractivity contribution in [3.63, 3.8) is 0 Å². The van der Waals surface area contributed by atoms with Gasteiger partial charge in [0, 0.05) is 18.7 Å². The van der Waals surface area contributed by atoms with Crippen molar-refractivity contribution >= 4 is 29.5 Å². The third-order valence-electron chi connectivity index (χ3n) is 9.22. The number of nitrogens with zero attached hydrogens (tertiary/aromatic N) is 2. The molecular weight excluding hydrogens is 520 g/mol. The largest absolute Gasteiger partial charge is 0.504 e. The molecule has 1 aliphatic carbocycles. The van der Waals surface area contributed by atoms with E-state index in [1.165, 1.54) is 41.3 Å². The Morgan fingerprint density at radius 2 is 1.85 bits per heavy atom. The van der Waals surface area contributed by atoms with Crippen LogP contribution in [0.5, 0.6) is 11.5 Å². The van der Waals surface area contributed by atoms with Crippen LogP contribution in [0.3, 0.4) is 0 Å². The number of carbonyl (C=O) groups excluding carboxylic acids is 3. The number of carbonyl (C=O) groups is 3. The third-order valence-corrected chi connectivity index (χ3v) is 10.2. The topological polar surface area (TPSA) is 128 Å². The lowest BCUT2D eigenvalue weighted by atomic mass is 9.74. The quantitative estimate of drug-likeness (QED) is 0.325. The average Bonchev–Trinajstić information content (AvgIpc) is 3.62. The van der Waals surface area contributed by atoms with E-state index in [2.05, 4.69) is 20.8 Å². The molecule has 0 bridgehead atoms. The zero-order valence-electron chi connectivity index (χ0n) is 23.3. The fraction of sp³-hybridized carbons (Fsp3) is 0.690. The number of rotatable bonds is 8. The Morgan fingerprint density at radius 1 is 1.10 bits per heavy atom. The van der Waals surface area contributed by atoms with Crippen LogP contribution in [0.15, 0.2) is 18.2 Å². The highest BCUT2D eigenvalue weighted by Crippen LogP contribution is 2.49. The van der Waals surface area contributed by atoms with Crippen LogP contribution in [0.4, 0.5) is 0 Å². The summed E-state index contributed by atoms with van der Waals surface area (Å²) in [5.74, 6) is -0.0894. The number of benzene rings is 1. The second-order valence-corrected chi connectivity index (χ2v) is 13.0. The second kappa shape index (κ2) is 12.0. The lowest BCUT2D eigenvalue weighted by Crippen LogP contribution is -2.54. The number of hydrogen-bond donors (Lipinski definition) is 3. The van der Waals surface area contributed by atoms with Gasteiger partial charge in [0.2, 0.25) is 5.91 Å². The molecule has 2 saturated heterocycles. The zero-order valence-corrected chi connectivity index (χ0v) is 24.2. The van der Waals surface area contributed by atoms with Crippen molar-refractivity contribution < 1.29 is 34.4 Å². The number of aromatic hydroxyl groups is 2. The predicted molar refractivity (Wildman–Crippen MR) is 148 cm³/mol. The van der Waals surface area contributed by atoms with Gasteiger partial charge in [-0.1, -0.05) is 26.8 Å². The molecule has 10 heteroatoms. The molecule has 216 valence electrons. The van der Waals surface area contributed by atoms with Crippen molar-refractivity contribution in [3.05, 3.63) is 23.8 Å². The summed E-state index contributed by atoms with van der Waals surface area (Å²) in [6.45, 7) is 9.23. The number of hydrogen-bond acceptors (Lipinski definition) is 8. The van der Waals surface area contributed by atoms with Crippen molar-refractivity contribution in [3.8, 4) is 11.5 Å². The van der Waals surface area contributed by atoms with Gasteiger partial charge in [0.1, 0.15) is 18.2 Å². The van der Waals surface area contributed by atoms with Gasteiger partial charge in [-0.05, 0) is 74.0 Å². The number of phenols is 2. The number of thioether (sulfide) groups is 1. The summed E-state index contributed by atoms with van der Waals surface area (Å²) in [4.78, 5) is 42.8. The van der Waals surface area contributed by atoms with Gasteiger partial charge in [-0.3, -0.25) is 9.59 Å². The zero-order chi connectivity index (χ0) is 28.5. The van der Waals surface area contributed by atoms with Crippen molar-refractivity contribution in [2.75, 3.05) is 18.2 Å².